The van der Waals surface area contributed by atoms with E-state index in [0.717, 1.165) is 0 Å². The van der Waals surface area contributed by atoms with Crippen molar-refractivity contribution in [2.45, 2.75) is 12.5 Å². The van der Waals surface area contributed by atoms with Gasteiger partial charge in [0.25, 0.3) is 0 Å². The fourth-order valence-electron chi connectivity index (χ4n) is 0.464. The summed E-state index contributed by atoms with van der Waals surface area (Å²) in [5.41, 5.74) is 0. The lowest BCUT2D eigenvalue weighted by atomic mass is 10.2. The van der Waals surface area contributed by atoms with E-state index in [1.807, 2.05) is 0 Å². The Bertz CT molecular complexity index is 165. The number of carbonyl (C=O) groups is 2. The van der Waals surface area contributed by atoms with Crippen LogP contribution in [0.4, 0.5) is 0 Å². The smallest absolute Gasteiger partial charge is 0.333 e. The zero-order valence-electron chi connectivity index (χ0n) is 6.27. The second-order valence-electron chi connectivity index (χ2n) is 2.00. The van der Waals surface area contributed by atoms with Gasteiger partial charge in [0, 0.05) is 0 Å². The van der Waals surface area contributed by atoms with Crippen molar-refractivity contribution in [1.29, 1.82) is 0 Å². The van der Waals surface area contributed by atoms with Gasteiger partial charge in [-0.2, -0.15) is 0 Å². The first-order chi connectivity index (χ1) is 5.57. The van der Waals surface area contributed by atoms with Crippen molar-refractivity contribution < 1.29 is 29.6 Å². The largest absolute Gasteiger partial charge is 0.479 e. The average Bonchev–Trinajstić information content (AvgIpc) is 2.00. The van der Waals surface area contributed by atoms with Gasteiger partial charge in [-0.05, 0) is 0 Å². The van der Waals surface area contributed by atoms with Crippen molar-refractivity contribution in [3.63, 3.8) is 0 Å². The normalized spacial score (nSPS) is 12.2. The molecule has 0 saturated carbocycles. The number of carbonyl (C=O) groups excluding carboxylic acids is 1. The summed E-state index contributed by atoms with van der Waals surface area (Å²) in [6.07, 6.45) is -2.34. The van der Waals surface area contributed by atoms with Crippen LogP contribution in [0, 0.1) is 0 Å². The minimum absolute atomic E-state index is 0.189. The fraction of sp³-hybridized carbons (Fsp3) is 0.667. The number of carboxylic acid groups (broad SMARTS) is 1. The van der Waals surface area contributed by atoms with Gasteiger partial charge in [-0.25, -0.2) is 4.79 Å². The van der Waals surface area contributed by atoms with Gasteiger partial charge in [0.15, 0.2) is 6.10 Å². The van der Waals surface area contributed by atoms with E-state index >= 15 is 0 Å². The first kappa shape index (κ1) is 10.9. The first-order valence-corrected chi connectivity index (χ1v) is 3.25. The number of aliphatic hydroxyl groups is 2. The summed E-state index contributed by atoms with van der Waals surface area (Å²) in [7, 11) is 0. The number of hydrogen-bond donors (Lipinski definition) is 3. The molecule has 0 aromatic carbocycles. The van der Waals surface area contributed by atoms with Gasteiger partial charge in [-0.1, -0.05) is 0 Å². The predicted octanol–water partition coefficient (Wildman–Crippen LogP) is -1.64. The lowest BCUT2D eigenvalue weighted by Gasteiger charge is -2.04. The quantitative estimate of drug-likeness (QED) is 0.436. The molecule has 0 aromatic heterocycles. The zero-order chi connectivity index (χ0) is 9.56. The molecule has 1 atom stereocenters. The standard InChI is InChI=1S/C6H10O6/c7-1-2-12-5(9)3-4(8)6(10)11/h4,7-8H,1-3H2,(H,10,11)/t4-/m0/s1. The number of esters is 1. The Balaban J connectivity index is 3.61. The van der Waals surface area contributed by atoms with Crippen molar-refractivity contribution in [1.82, 2.24) is 0 Å². The molecule has 0 aliphatic carbocycles. The highest BCUT2D eigenvalue weighted by Gasteiger charge is 2.18. The molecular weight excluding hydrogens is 168 g/mol. The topological polar surface area (TPSA) is 104 Å². The van der Waals surface area contributed by atoms with Gasteiger partial charge >= 0.3 is 11.9 Å². The third kappa shape index (κ3) is 4.64. The molecule has 0 fully saturated rings. The summed E-state index contributed by atoms with van der Waals surface area (Å²) in [6, 6.07) is 0. The highest BCUT2D eigenvalue weighted by molar-refractivity contribution is 5.80. The van der Waals surface area contributed by atoms with Crippen LogP contribution in [0.1, 0.15) is 6.42 Å². The third-order valence-electron chi connectivity index (χ3n) is 0.999. The molecule has 6 nitrogen and oxygen atoms in total. The van der Waals surface area contributed by atoms with Crippen LogP contribution >= 0.6 is 0 Å². The number of carboxylic acids is 1. The minimum Gasteiger partial charge on any atom is -0.479 e. The molecule has 0 amide bonds. The van der Waals surface area contributed by atoms with Crippen molar-refractivity contribution >= 4 is 11.9 Å². The SMILES string of the molecule is O=C(C[C@H](O)C(=O)O)OCCO. The molecule has 0 radical (unpaired) electrons. The molecule has 0 bridgehead atoms. The van der Waals surface area contributed by atoms with Crippen LogP contribution in [0.15, 0.2) is 0 Å². The molecule has 0 heterocycles. The van der Waals surface area contributed by atoms with Crippen molar-refractivity contribution in [2.75, 3.05) is 13.2 Å². The number of ether oxygens (including phenoxy) is 1. The summed E-state index contributed by atoms with van der Waals surface area (Å²) in [6.45, 7) is -0.514. The summed E-state index contributed by atoms with van der Waals surface area (Å²) in [4.78, 5) is 20.6. The van der Waals surface area contributed by atoms with E-state index in [1.165, 1.54) is 0 Å². The van der Waals surface area contributed by atoms with E-state index in [9.17, 15) is 9.59 Å². The van der Waals surface area contributed by atoms with Gasteiger partial charge in [-0.3, -0.25) is 4.79 Å². The van der Waals surface area contributed by atoms with Crippen LogP contribution in [-0.4, -0.2) is 46.6 Å². The lowest BCUT2D eigenvalue weighted by molar-refractivity contribution is -0.156. The molecule has 0 unspecified atom stereocenters. The maximum Gasteiger partial charge on any atom is 0.333 e. The molecule has 0 aromatic rings. The fourth-order valence-corrected chi connectivity index (χ4v) is 0.464. The Labute approximate surface area is 68.4 Å². The number of rotatable bonds is 5. The molecule has 70 valence electrons. The van der Waals surface area contributed by atoms with Gasteiger partial charge in [0.05, 0.1) is 13.0 Å². The Morgan fingerprint density at radius 3 is 2.42 bits per heavy atom. The Hall–Kier alpha value is -1.14. The molecule has 0 spiro atoms. The summed E-state index contributed by atoms with van der Waals surface area (Å²) in [5, 5.41) is 25.0. The number of aliphatic carboxylic acids is 1. The predicted molar refractivity (Wildman–Crippen MR) is 36.3 cm³/mol. The summed E-state index contributed by atoms with van der Waals surface area (Å²) >= 11 is 0. The van der Waals surface area contributed by atoms with Crippen LogP contribution in [0.5, 0.6) is 0 Å². The van der Waals surface area contributed by atoms with Gasteiger partial charge < -0.3 is 20.1 Å². The van der Waals surface area contributed by atoms with Crippen LogP contribution in [0.25, 0.3) is 0 Å². The molecule has 12 heavy (non-hydrogen) atoms. The van der Waals surface area contributed by atoms with Crippen molar-refractivity contribution in [3.8, 4) is 0 Å². The van der Waals surface area contributed by atoms with E-state index < -0.39 is 24.5 Å². The Morgan fingerprint density at radius 2 is 2.00 bits per heavy atom. The molecule has 6 heteroatoms. The molecule has 0 saturated heterocycles. The Kier molecular flexibility index (Phi) is 4.98. The zero-order valence-corrected chi connectivity index (χ0v) is 6.27. The molecule has 3 N–H and O–H groups in total. The third-order valence-corrected chi connectivity index (χ3v) is 0.999. The minimum atomic E-state index is -1.74. The van der Waals surface area contributed by atoms with E-state index in [2.05, 4.69) is 4.74 Å². The van der Waals surface area contributed by atoms with Crippen LogP contribution in [0.3, 0.4) is 0 Å². The van der Waals surface area contributed by atoms with Crippen LogP contribution in [0.2, 0.25) is 0 Å². The average molecular weight is 178 g/mol. The van der Waals surface area contributed by atoms with E-state index in [4.69, 9.17) is 15.3 Å². The molecule has 0 aliphatic rings. The van der Waals surface area contributed by atoms with Gasteiger partial charge in [0.2, 0.25) is 0 Å². The highest BCUT2D eigenvalue weighted by atomic mass is 16.5. The van der Waals surface area contributed by atoms with Gasteiger partial charge in [0.1, 0.15) is 6.61 Å². The van der Waals surface area contributed by atoms with E-state index in [-0.39, 0.29) is 13.2 Å². The highest BCUT2D eigenvalue weighted by Crippen LogP contribution is 1.94. The maximum absolute atomic E-state index is 10.6. The monoisotopic (exact) mass is 178 g/mol. The van der Waals surface area contributed by atoms with Crippen molar-refractivity contribution in [2.24, 2.45) is 0 Å². The first-order valence-electron chi connectivity index (χ1n) is 3.25. The Morgan fingerprint density at radius 1 is 1.42 bits per heavy atom. The second kappa shape index (κ2) is 5.50. The maximum atomic E-state index is 10.6. The molecule has 0 rings (SSSR count). The second-order valence-corrected chi connectivity index (χ2v) is 2.00. The lowest BCUT2D eigenvalue weighted by Crippen LogP contribution is -2.24. The molecule has 0 aliphatic heterocycles. The van der Waals surface area contributed by atoms with Crippen molar-refractivity contribution in [3.05, 3.63) is 0 Å². The van der Waals surface area contributed by atoms with Crippen LogP contribution in [-0.2, 0) is 14.3 Å². The summed E-state index contributed by atoms with van der Waals surface area (Å²) < 4.78 is 4.30. The number of aliphatic hydroxyl groups excluding tert-OH is 2. The van der Waals surface area contributed by atoms with E-state index in [0.29, 0.717) is 0 Å². The van der Waals surface area contributed by atoms with Gasteiger partial charge in [-0.15, -0.1) is 0 Å². The van der Waals surface area contributed by atoms with Crippen LogP contribution < -0.4 is 0 Å². The summed E-state index contributed by atoms with van der Waals surface area (Å²) in [5.74, 6) is -2.32. The molecular formula is C6H10O6. The van der Waals surface area contributed by atoms with E-state index in [1.54, 1.807) is 0 Å². The number of hydrogen-bond acceptors (Lipinski definition) is 5.